The Kier molecular flexibility index (Phi) is 5.18. The molecule has 0 spiro atoms. The van der Waals surface area contributed by atoms with E-state index in [1.807, 2.05) is 13.8 Å². The molecule has 1 amide bonds. The second kappa shape index (κ2) is 6.81. The third-order valence-corrected chi connectivity index (χ3v) is 3.56. The van der Waals surface area contributed by atoms with Gasteiger partial charge in [0, 0.05) is 5.02 Å². The predicted octanol–water partition coefficient (Wildman–Crippen LogP) is 3.80. The van der Waals surface area contributed by atoms with Gasteiger partial charge in [-0.25, -0.2) is 9.78 Å². The molecule has 130 valence electrons. The second-order valence-electron chi connectivity index (χ2n) is 6.98. The van der Waals surface area contributed by atoms with Crippen LogP contribution in [0.25, 0.3) is 10.9 Å². The van der Waals surface area contributed by atoms with E-state index in [0.717, 1.165) is 0 Å². The Bertz CT molecular complexity index is 809. The monoisotopic (exact) mass is 351 g/mol. The number of carbonyl (C=O) groups is 1. The van der Waals surface area contributed by atoms with Gasteiger partial charge in [0.05, 0.1) is 16.9 Å². The first-order chi connectivity index (χ1) is 11.1. The van der Waals surface area contributed by atoms with E-state index in [0.29, 0.717) is 21.7 Å². The van der Waals surface area contributed by atoms with Gasteiger partial charge in [-0.1, -0.05) is 25.4 Å². The summed E-state index contributed by atoms with van der Waals surface area (Å²) in [7, 11) is 0. The molecular formula is C17H22ClN3O3. The van der Waals surface area contributed by atoms with E-state index < -0.39 is 17.7 Å². The minimum atomic E-state index is -0.608. The lowest BCUT2D eigenvalue weighted by Crippen LogP contribution is -2.38. The van der Waals surface area contributed by atoms with Gasteiger partial charge in [-0.15, -0.1) is 0 Å². The number of amides is 1. The van der Waals surface area contributed by atoms with Crippen molar-refractivity contribution >= 4 is 28.6 Å². The quantitative estimate of drug-likeness (QED) is 0.880. The first-order valence-corrected chi connectivity index (χ1v) is 8.13. The molecule has 0 bridgehead atoms. The molecule has 2 N–H and O–H groups in total. The molecule has 1 aromatic heterocycles. The Balaban J connectivity index is 2.39. The van der Waals surface area contributed by atoms with Crippen molar-refractivity contribution in [2.45, 2.75) is 46.3 Å². The number of aromatic nitrogens is 2. The van der Waals surface area contributed by atoms with Crippen LogP contribution in [0.3, 0.4) is 0 Å². The van der Waals surface area contributed by atoms with Crippen LogP contribution in [-0.4, -0.2) is 21.7 Å². The number of nitrogens with one attached hydrogen (secondary N) is 2. The van der Waals surface area contributed by atoms with E-state index in [4.69, 9.17) is 16.3 Å². The summed E-state index contributed by atoms with van der Waals surface area (Å²) in [5.41, 5.74) is -0.398. The fourth-order valence-corrected chi connectivity index (χ4v) is 2.43. The largest absolute Gasteiger partial charge is 0.444 e. The molecule has 1 atom stereocenters. The van der Waals surface area contributed by atoms with Crippen LogP contribution in [0.5, 0.6) is 0 Å². The van der Waals surface area contributed by atoms with Crippen molar-refractivity contribution in [3.05, 3.63) is 39.4 Å². The van der Waals surface area contributed by atoms with Crippen molar-refractivity contribution in [3.63, 3.8) is 0 Å². The number of benzene rings is 1. The summed E-state index contributed by atoms with van der Waals surface area (Å²) >= 11 is 5.98. The maximum absolute atomic E-state index is 12.3. The van der Waals surface area contributed by atoms with Gasteiger partial charge in [-0.3, -0.25) is 4.79 Å². The van der Waals surface area contributed by atoms with Crippen molar-refractivity contribution in [3.8, 4) is 0 Å². The van der Waals surface area contributed by atoms with Gasteiger partial charge in [0.15, 0.2) is 0 Å². The number of aromatic amines is 1. The number of H-pyrrole nitrogens is 1. The summed E-state index contributed by atoms with van der Waals surface area (Å²) < 4.78 is 5.29. The molecule has 0 aliphatic carbocycles. The molecule has 7 heteroatoms. The third kappa shape index (κ3) is 4.47. The second-order valence-corrected chi connectivity index (χ2v) is 7.42. The first kappa shape index (κ1) is 18.3. The Morgan fingerprint density at radius 1 is 1.33 bits per heavy atom. The highest BCUT2D eigenvalue weighted by Gasteiger charge is 2.25. The maximum Gasteiger partial charge on any atom is 0.408 e. The van der Waals surface area contributed by atoms with Crippen molar-refractivity contribution < 1.29 is 9.53 Å². The van der Waals surface area contributed by atoms with Gasteiger partial charge in [-0.05, 0) is 44.9 Å². The molecule has 0 fully saturated rings. The molecule has 1 unspecified atom stereocenters. The van der Waals surface area contributed by atoms with E-state index in [2.05, 4.69) is 15.3 Å². The number of carbonyl (C=O) groups excluding carboxylic acids is 1. The molecule has 0 saturated heterocycles. The van der Waals surface area contributed by atoms with Crippen LogP contribution in [0, 0.1) is 5.92 Å². The molecule has 0 saturated carbocycles. The van der Waals surface area contributed by atoms with E-state index >= 15 is 0 Å². The molecule has 24 heavy (non-hydrogen) atoms. The van der Waals surface area contributed by atoms with E-state index in [9.17, 15) is 9.59 Å². The van der Waals surface area contributed by atoms with Gasteiger partial charge in [0.25, 0.3) is 5.56 Å². The molecule has 1 heterocycles. The number of hydrogen-bond acceptors (Lipinski definition) is 4. The number of ether oxygens (including phenoxy) is 1. The van der Waals surface area contributed by atoms with Crippen molar-refractivity contribution in [2.75, 3.05) is 0 Å². The van der Waals surface area contributed by atoms with Crippen LogP contribution in [0.2, 0.25) is 5.02 Å². The van der Waals surface area contributed by atoms with Crippen LogP contribution in [0.1, 0.15) is 46.5 Å². The number of hydrogen-bond donors (Lipinski definition) is 2. The average molecular weight is 352 g/mol. The summed E-state index contributed by atoms with van der Waals surface area (Å²) in [5.74, 6) is 0.368. The summed E-state index contributed by atoms with van der Waals surface area (Å²) in [6, 6.07) is 4.40. The first-order valence-electron chi connectivity index (χ1n) is 7.76. The topological polar surface area (TPSA) is 84.1 Å². The normalized spacial score (nSPS) is 13.1. The SMILES string of the molecule is CC(C)C(NC(=O)OC(C)(C)C)c1nc2cc(Cl)ccc2c(=O)[nH]1. The number of fused-ring (bicyclic) bond motifs is 1. The van der Waals surface area contributed by atoms with Gasteiger partial charge >= 0.3 is 6.09 Å². The molecule has 6 nitrogen and oxygen atoms in total. The van der Waals surface area contributed by atoms with Crippen molar-refractivity contribution in [2.24, 2.45) is 5.92 Å². The van der Waals surface area contributed by atoms with E-state index in [-0.39, 0.29) is 11.5 Å². The number of alkyl carbamates (subject to hydrolysis) is 1. The Morgan fingerprint density at radius 3 is 2.58 bits per heavy atom. The highest BCUT2D eigenvalue weighted by Crippen LogP contribution is 2.21. The molecule has 0 aliphatic heterocycles. The standard InChI is InChI=1S/C17H22ClN3O3/c1-9(2)13(20-16(23)24-17(3,4)5)14-19-12-8-10(18)6-7-11(12)15(22)21-14/h6-9,13H,1-5H3,(H,20,23)(H,19,21,22). The highest BCUT2D eigenvalue weighted by atomic mass is 35.5. The van der Waals surface area contributed by atoms with Crippen LogP contribution in [0.15, 0.2) is 23.0 Å². The van der Waals surface area contributed by atoms with Crippen molar-refractivity contribution in [1.29, 1.82) is 0 Å². The molecule has 2 rings (SSSR count). The zero-order valence-corrected chi connectivity index (χ0v) is 15.2. The molecule has 0 aliphatic rings. The van der Waals surface area contributed by atoms with Gasteiger partial charge < -0.3 is 15.0 Å². The Labute approximate surface area is 145 Å². The third-order valence-electron chi connectivity index (χ3n) is 3.32. The number of nitrogens with zero attached hydrogens (tertiary/aromatic N) is 1. The van der Waals surface area contributed by atoms with Crippen LogP contribution < -0.4 is 10.9 Å². The van der Waals surface area contributed by atoms with Crippen LogP contribution in [-0.2, 0) is 4.74 Å². The molecule has 1 aromatic carbocycles. The fourth-order valence-electron chi connectivity index (χ4n) is 2.26. The summed E-state index contributed by atoms with van der Waals surface area (Å²) in [4.78, 5) is 31.5. The zero-order valence-electron chi connectivity index (χ0n) is 14.4. The maximum atomic E-state index is 12.3. The molecule has 0 radical (unpaired) electrons. The molecule has 2 aromatic rings. The van der Waals surface area contributed by atoms with Crippen LogP contribution in [0.4, 0.5) is 4.79 Å². The lowest BCUT2D eigenvalue weighted by atomic mass is 10.0. The lowest BCUT2D eigenvalue weighted by molar-refractivity contribution is 0.0486. The van der Waals surface area contributed by atoms with E-state index in [1.165, 1.54) is 0 Å². The average Bonchev–Trinajstić information content (AvgIpc) is 2.41. The Hall–Kier alpha value is -2.08. The highest BCUT2D eigenvalue weighted by molar-refractivity contribution is 6.31. The predicted molar refractivity (Wildman–Crippen MR) is 94.3 cm³/mol. The number of halogens is 1. The minimum absolute atomic E-state index is 0.00250. The molecular weight excluding hydrogens is 330 g/mol. The lowest BCUT2D eigenvalue weighted by Gasteiger charge is -2.25. The Morgan fingerprint density at radius 2 is 2.00 bits per heavy atom. The van der Waals surface area contributed by atoms with Crippen LogP contribution >= 0.6 is 11.6 Å². The van der Waals surface area contributed by atoms with E-state index in [1.54, 1.807) is 39.0 Å². The van der Waals surface area contributed by atoms with Gasteiger partial charge in [0.2, 0.25) is 0 Å². The van der Waals surface area contributed by atoms with Gasteiger partial charge in [0.1, 0.15) is 11.4 Å². The van der Waals surface area contributed by atoms with Gasteiger partial charge in [-0.2, -0.15) is 0 Å². The fraction of sp³-hybridized carbons (Fsp3) is 0.471. The number of rotatable bonds is 3. The summed E-state index contributed by atoms with van der Waals surface area (Å²) in [5, 5.41) is 3.71. The minimum Gasteiger partial charge on any atom is -0.444 e. The zero-order chi connectivity index (χ0) is 18.1. The smallest absolute Gasteiger partial charge is 0.408 e. The van der Waals surface area contributed by atoms with Crippen molar-refractivity contribution in [1.82, 2.24) is 15.3 Å². The summed E-state index contributed by atoms with van der Waals surface area (Å²) in [6.07, 6.45) is -0.560. The summed E-state index contributed by atoms with van der Waals surface area (Å²) in [6.45, 7) is 9.20.